The van der Waals surface area contributed by atoms with Gasteiger partial charge in [0, 0.05) is 56.8 Å². The van der Waals surface area contributed by atoms with Crippen LogP contribution in [-0.4, -0.2) is 72.0 Å². The molecule has 0 radical (unpaired) electrons. The van der Waals surface area contributed by atoms with Gasteiger partial charge in [-0.3, -0.25) is 4.79 Å². The summed E-state index contributed by atoms with van der Waals surface area (Å²) in [5, 5.41) is 3.21. The van der Waals surface area contributed by atoms with Crippen molar-refractivity contribution in [3.05, 3.63) is 42.2 Å². The van der Waals surface area contributed by atoms with E-state index in [4.69, 9.17) is 0 Å². The molecule has 0 aliphatic carbocycles. The average molecular weight is 366 g/mol. The molecule has 1 amide bonds. The van der Waals surface area contributed by atoms with Gasteiger partial charge in [0.1, 0.15) is 5.69 Å². The van der Waals surface area contributed by atoms with Crippen molar-refractivity contribution < 1.29 is 4.79 Å². The Kier molecular flexibility index (Phi) is 5.20. The normalized spacial score (nSPS) is 18.0. The highest BCUT2D eigenvalue weighted by molar-refractivity contribution is 5.92. The van der Waals surface area contributed by atoms with Crippen LogP contribution in [0.5, 0.6) is 0 Å². The molecule has 2 aliphatic rings. The van der Waals surface area contributed by atoms with E-state index in [0.717, 1.165) is 45.0 Å². The van der Waals surface area contributed by atoms with Gasteiger partial charge in [-0.25, -0.2) is 9.97 Å². The third-order valence-electron chi connectivity index (χ3n) is 5.26. The number of carbonyl (C=O) groups excluding carboxylic acids is 1. The molecule has 0 spiro atoms. The van der Waals surface area contributed by atoms with E-state index in [1.165, 1.54) is 18.5 Å². The average Bonchev–Trinajstić information content (AvgIpc) is 3.24. The van der Waals surface area contributed by atoms with Gasteiger partial charge in [0.15, 0.2) is 0 Å². The SMILES string of the molecule is CN1CCN(C(=O)c2ccnc(Nc3ccc(N4CCCC4)cc3)n2)CC1. The van der Waals surface area contributed by atoms with Crippen molar-refractivity contribution in [1.82, 2.24) is 19.8 Å². The molecule has 142 valence electrons. The zero-order valence-electron chi connectivity index (χ0n) is 15.8. The Morgan fingerprint density at radius 2 is 1.67 bits per heavy atom. The minimum absolute atomic E-state index is 0.0297. The Morgan fingerprint density at radius 1 is 0.963 bits per heavy atom. The Morgan fingerprint density at radius 3 is 2.37 bits per heavy atom. The highest BCUT2D eigenvalue weighted by Gasteiger charge is 2.21. The number of rotatable bonds is 4. The molecule has 7 nitrogen and oxygen atoms in total. The predicted octanol–water partition coefficient (Wildman–Crippen LogP) is 2.21. The van der Waals surface area contributed by atoms with Gasteiger partial charge in [-0.15, -0.1) is 0 Å². The lowest BCUT2D eigenvalue weighted by Crippen LogP contribution is -2.47. The summed E-state index contributed by atoms with van der Waals surface area (Å²) in [6, 6.07) is 9.99. The highest BCUT2D eigenvalue weighted by Crippen LogP contribution is 2.23. The second-order valence-corrected chi connectivity index (χ2v) is 7.23. The molecule has 2 aliphatic heterocycles. The maximum atomic E-state index is 12.7. The number of nitrogens with zero attached hydrogens (tertiary/aromatic N) is 5. The molecule has 1 N–H and O–H groups in total. The van der Waals surface area contributed by atoms with Gasteiger partial charge in [0.2, 0.25) is 5.95 Å². The van der Waals surface area contributed by atoms with Crippen molar-refractivity contribution in [2.45, 2.75) is 12.8 Å². The van der Waals surface area contributed by atoms with Crippen LogP contribution >= 0.6 is 0 Å². The predicted molar refractivity (Wildman–Crippen MR) is 107 cm³/mol. The van der Waals surface area contributed by atoms with E-state index < -0.39 is 0 Å². The van der Waals surface area contributed by atoms with Crippen LogP contribution in [-0.2, 0) is 0 Å². The number of hydrogen-bond acceptors (Lipinski definition) is 6. The van der Waals surface area contributed by atoms with Crippen LogP contribution in [0.4, 0.5) is 17.3 Å². The first-order valence-electron chi connectivity index (χ1n) is 9.62. The number of piperazine rings is 1. The molecule has 3 heterocycles. The summed E-state index contributed by atoms with van der Waals surface area (Å²) in [7, 11) is 2.07. The molecule has 0 unspecified atom stereocenters. The van der Waals surface area contributed by atoms with Crippen LogP contribution in [0.15, 0.2) is 36.5 Å². The Bertz CT molecular complexity index is 779. The molecule has 0 saturated carbocycles. The van der Waals surface area contributed by atoms with E-state index in [0.29, 0.717) is 11.6 Å². The third-order valence-corrected chi connectivity index (χ3v) is 5.26. The Labute approximate surface area is 160 Å². The van der Waals surface area contributed by atoms with Crippen molar-refractivity contribution in [3.63, 3.8) is 0 Å². The molecule has 27 heavy (non-hydrogen) atoms. The van der Waals surface area contributed by atoms with Crippen LogP contribution in [0, 0.1) is 0 Å². The summed E-state index contributed by atoms with van der Waals surface area (Å²) in [5.74, 6) is 0.418. The summed E-state index contributed by atoms with van der Waals surface area (Å²) in [5.41, 5.74) is 2.60. The van der Waals surface area contributed by atoms with E-state index in [9.17, 15) is 4.79 Å². The number of benzene rings is 1. The van der Waals surface area contributed by atoms with Gasteiger partial charge in [0.25, 0.3) is 5.91 Å². The maximum absolute atomic E-state index is 12.7. The van der Waals surface area contributed by atoms with Gasteiger partial charge in [-0.2, -0.15) is 0 Å². The molecule has 2 saturated heterocycles. The highest BCUT2D eigenvalue weighted by atomic mass is 16.2. The summed E-state index contributed by atoms with van der Waals surface area (Å²) < 4.78 is 0. The number of likely N-dealkylation sites (N-methyl/N-ethyl adjacent to an activating group) is 1. The summed E-state index contributed by atoms with van der Waals surface area (Å²) in [4.78, 5) is 27.9. The van der Waals surface area contributed by atoms with Crippen LogP contribution in [0.25, 0.3) is 0 Å². The third kappa shape index (κ3) is 4.19. The summed E-state index contributed by atoms with van der Waals surface area (Å²) >= 11 is 0. The van der Waals surface area contributed by atoms with Gasteiger partial charge >= 0.3 is 0 Å². The lowest BCUT2D eigenvalue weighted by atomic mass is 10.2. The Hall–Kier alpha value is -2.67. The second-order valence-electron chi connectivity index (χ2n) is 7.23. The zero-order chi connectivity index (χ0) is 18.6. The smallest absolute Gasteiger partial charge is 0.272 e. The fraction of sp³-hybridized carbons (Fsp3) is 0.450. The number of aromatic nitrogens is 2. The molecule has 2 fully saturated rings. The van der Waals surface area contributed by atoms with E-state index in [1.54, 1.807) is 12.3 Å². The topological polar surface area (TPSA) is 64.6 Å². The number of nitrogens with one attached hydrogen (secondary N) is 1. The molecule has 1 aromatic heterocycles. The maximum Gasteiger partial charge on any atom is 0.272 e. The van der Waals surface area contributed by atoms with Crippen molar-refractivity contribution in [2.75, 3.05) is 56.5 Å². The van der Waals surface area contributed by atoms with Crippen LogP contribution in [0.2, 0.25) is 0 Å². The standard InChI is InChI=1S/C20H26N6O/c1-24-12-14-26(15-13-24)19(27)18-8-9-21-20(23-18)22-16-4-6-17(7-5-16)25-10-2-3-11-25/h4-9H,2-3,10-15H2,1H3,(H,21,22,23). The van der Waals surface area contributed by atoms with Crippen molar-refractivity contribution in [3.8, 4) is 0 Å². The molecule has 4 rings (SSSR count). The van der Waals surface area contributed by atoms with Crippen LogP contribution in [0.1, 0.15) is 23.3 Å². The molecule has 1 aromatic carbocycles. The first-order chi connectivity index (χ1) is 13.2. The summed E-state index contributed by atoms with van der Waals surface area (Å²) in [6.07, 6.45) is 4.17. The quantitative estimate of drug-likeness (QED) is 0.895. The fourth-order valence-corrected chi connectivity index (χ4v) is 3.57. The first kappa shape index (κ1) is 17.7. The van der Waals surface area contributed by atoms with Crippen LogP contribution in [0.3, 0.4) is 0 Å². The molecule has 7 heteroatoms. The number of carbonyl (C=O) groups is 1. The molecule has 0 bridgehead atoms. The summed E-state index contributed by atoms with van der Waals surface area (Å²) in [6.45, 7) is 5.52. The lowest BCUT2D eigenvalue weighted by Gasteiger charge is -2.32. The van der Waals surface area contributed by atoms with E-state index in [-0.39, 0.29) is 5.91 Å². The van der Waals surface area contributed by atoms with Crippen molar-refractivity contribution in [2.24, 2.45) is 0 Å². The minimum Gasteiger partial charge on any atom is -0.372 e. The molecule has 0 atom stereocenters. The van der Waals surface area contributed by atoms with Gasteiger partial charge < -0.3 is 20.0 Å². The van der Waals surface area contributed by atoms with Crippen LogP contribution < -0.4 is 10.2 Å². The first-order valence-corrected chi connectivity index (χ1v) is 9.62. The van der Waals surface area contributed by atoms with Crippen molar-refractivity contribution >= 4 is 23.2 Å². The Balaban J connectivity index is 1.42. The second kappa shape index (κ2) is 7.92. The van der Waals surface area contributed by atoms with E-state index in [2.05, 4.69) is 44.3 Å². The van der Waals surface area contributed by atoms with E-state index >= 15 is 0 Å². The largest absolute Gasteiger partial charge is 0.372 e. The molecule has 2 aromatic rings. The number of amides is 1. The van der Waals surface area contributed by atoms with Gasteiger partial charge in [-0.05, 0) is 50.2 Å². The van der Waals surface area contributed by atoms with Gasteiger partial charge in [0.05, 0.1) is 0 Å². The monoisotopic (exact) mass is 366 g/mol. The lowest BCUT2D eigenvalue weighted by molar-refractivity contribution is 0.0658. The number of anilines is 3. The minimum atomic E-state index is -0.0297. The molecular weight excluding hydrogens is 340 g/mol. The zero-order valence-corrected chi connectivity index (χ0v) is 15.8. The number of hydrogen-bond donors (Lipinski definition) is 1. The van der Waals surface area contributed by atoms with Crippen molar-refractivity contribution in [1.29, 1.82) is 0 Å². The van der Waals surface area contributed by atoms with E-state index in [1.807, 2.05) is 17.0 Å². The fourth-order valence-electron chi connectivity index (χ4n) is 3.57. The van der Waals surface area contributed by atoms with Gasteiger partial charge in [-0.1, -0.05) is 0 Å². The molecular formula is C20H26N6O.